The molecule has 2 rings (SSSR count). The van der Waals surface area contributed by atoms with Gasteiger partial charge in [0.25, 0.3) is 0 Å². The van der Waals surface area contributed by atoms with Crippen molar-refractivity contribution in [1.82, 2.24) is 0 Å². The lowest BCUT2D eigenvalue weighted by Gasteiger charge is -2.35. The highest BCUT2D eigenvalue weighted by molar-refractivity contribution is 5.66. The lowest BCUT2D eigenvalue weighted by molar-refractivity contribution is -0.213. The van der Waals surface area contributed by atoms with Crippen LogP contribution >= 0.6 is 0 Å². The van der Waals surface area contributed by atoms with Gasteiger partial charge in [0.15, 0.2) is 5.79 Å². The van der Waals surface area contributed by atoms with Gasteiger partial charge in [0.1, 0.15) is 12.2 Å². The number of esters is 1. The van der Waals surface area contributed by atoms with E-state index in [1.807, 2.05) is 13.0 Å². The van der Waals surface area contributed by atoms with Gasteiger partial charge >= 0.3 is 5.97 Å². The Morgan fingerprint density at radius 3 is 2.71 bits per heavy atom. The minimum Gasteiger partial charge on any atom is -0.455 e. The molecule has 2 heterocycles. The maximum atomic E-state index is 11.1. The molecule has 2 aliphatic heterocycles. The fourth-order valence-electron chi connectivity index (χ4n) is 2.88. The second kappa shape index (κ2) is 3.82. The van der Waals surface area contributed by atoms with Gasteiger partial charge in [-0.3, -0.25) is 4.79 Å². The molecule has 2 bridgehead atoms. The minimum absolute atomic E-state index is 0.0790. The Balaban J connectivity index is 2.35. The van der Waals surface area contributed by atoms with E-state index in [4.69, 9.17) is 14.2 Å². The van der Waals surface area contributed by atoms with Crippen LogP contribution in [0.4, 0.5) is 0 Å². The summed E-state index contributed by atoms with van der Waals surface area (Å²) in [4.78, 5) is 11.1. The number of fused-ring (bicyclic) bond motifs is 2. The van der Waals surface area contributed by atoms with E-state index in [-0.39, 0.29) is 23.6 Å². The summed E-state index contributed by atoms with van der Waals surface area (Å²) in [5, 5.41) is 0. The molecular formula is C13H20O4. The Hall–Kier alpha value is -0.870. The van der Waals surface area contributed by atoms with Crippen LogP contribution in [0.5, 0.6) is 0 Å². The Bertz CT molecular complexity index is 372. The van der Waals surface area contributed by atoms with Gasteiger partial charge in [-0.05, 0) is 18.6 Å². The summed E-state index contributed by atoms with van der Waals surface area (Å²) in [6.07, 6.45) is 2.28. The molecule has 1 saturated heterocycles. The second-order valence-corrected chi connectivity index (χ2v) is 5.58. The number of hydrogen-bond donors (Lipinski definition) is 0. The number of hydrogen-bond acceptors (Lipinski definition) is 4. The Morgan fingerprint density at radius 2 is 2.18 bits per heavy atom. The fourth-order valence-corrected chi connectivity index (χ4v) is 2.88. The average Bonchev–Trinajstić information content (AvgIpc) is 2.45. The number of carbonyl (C=O) groups is 1. The summed E-state index contributed by atoms with van der Waals surface area (Å²) in [6.45, 7) is 7.60. The first-order valence-corrected chi connectivity index (χ1v) is 5.90. The SMILES string of the molecule is COC12CC(C)(C)C(O1)C(OC(C)=O)C=C2C. The zero-order chi connectivity index (χ0) is 12.8. The number of carbonyl (C=O) groups excluding carboxylic acids is 1. The van der Waals surface area contributed by atoms with Crippen LogP contribution in [0, 0.1) is 5.41 Å². The molecule has 0 N–H and O–H groups in total. The molecular weight excluding hydrogens is 220 g/mol. The van der Waals surface area contributed by atoms with Crippen LogP contribution in [0.15, 0.2) is 11.6 Å². The van der Waals surface area contributed by atoms with Gasteiger partial charge in [-0.2, -0.15) is 0 Å². The van der Waals surface area contributed by atoms with Crippen LogP contribution in [-0.2, 0) is 19.0 Å². The van der Waals surface area contributed by atoms with Crippen molar-refractivity contribution >= 4 is 5.97 Å². The maximum absolute atomic E-state index is 11.1. The standard InChI is InChI=1S/C13H20O4/c1-8-6-10(16-9(2)14)11-12(3,4)7-13(8,15-5)17-11/h6,10-11H,7H2,1-5H3. The highest BCUT2D eigenvalue weighted by Crippen LogP contribution is 2.52. The van der Waals surface area contributed by atoms with Gasteiger partial charge in [0.05, 0.1) is 0 Å². The second-order valence-electron chi connectivity index (χ2n) is 5.58. The van der Waals surface area contributed by atoms with Crippen molar-refractivity contribution in [3.8, 4) is 0 Å². The first-order chi connectivity index (χ1) is 7.81. The third-order valence-electron chi connectivity index (χ3n) is 3.72. The molecule has 0 aromatic rings. The van der Waals surface area contributed by atoms with Crippen molar-refractivity contribution in [1.29, 1.82) is 0 Å². The summed E-state index contributed by atoms with van der Waals surface area (Å²) >= 11 is 0. The van der Waals surface area contributed by atoms with Crippen LogP contribution in [0.25, 0.3) is 0 Å². The molecule has 0 aromatic carbocycles. The van der Waals surface area contributed by atoms with Crippen molar-refractivity contribution in [3.05, 3.63) is 11.6 Å². The molecule has 0 aromatic heterocycles. The zero-order valence-electron chi connectivity index (χ0n) is 11.1. The quantitative estimate of drug-likeness (QED) is 0.547. The largest absolute Gasteiger partial charge is 0.455 e. The highest BCUT2D eigenvalue weighted by Gasteiger charge is 2.58. The summed E-state index contributed by atoms with van der Waals surface area (Å²) in [7, 11) is 1.65. The Morgan fingerprint density at radius 1 is 1.53 bits per heavy atom. The molecule has 3 atom stereocenters. The van der Waals surface area contributed by atoms with Crippen molar-refractivity contribution in [3.63, 3.8) is 0 Å². The van der Waals surface area contributed by atoms with E-state index in [1.165, 1.54) is 6.92 Å². The number of rotatable bonds is 2. The van der Waals surface area contributed by atoms with E-state index >= 15 is 0 Å². The molecule has 0 amide bonds. The van der Waals surface area contributed by atoms with Gasteiger partial charge in [0, 0.05) is 25.9 Å². The van der Waals surface area contributed by atoms with E-state index in [0.717, 1.165) is 12.0 Å². The molecule has 3 unspecified atom stereocenters. The maximum Gasteiger partial charge on any atom is 0.303 e. The zero-order valence-corrected chi connectivity index (χ0v) is 11.1. The summed E-state index contributed by atoms with van der Waals surface area (Å²) in [5.41, 5.74) is 0.901. The number of ether oxygens (including phenoxy) is 3. The molecule has 2 aliphatic rings. The van der Waals surface area contributed by atoms with Crippen molar-refractivity contribution in [2.45, 2.75) is 52.1 Å². The molecule has 0 aliphatic carbocycles. The lowest BCUT2D eigenvalue weighted by atomic mass is 9.82. The number of methoxy groups -OCH3 is 1. The molecule has 1 fully saturated rings. The van der Waals surface area contributed by atoms with Gasteiger partial charge in [-0.25, -0.2) is 0 Å². The molecule has 0 spiro atoms. The Labute approximate surface area is 102 Å². The third kappa shape index (κ3) is 1.89. The Kier molecular flexibility index (Phi) is 2.83. The topological polar surface area (TPSA) is 44.8 Å². The normalized spacial score (nSPS) is 38.8. The molecule has 96 valence electrons. The van der Waals surface area contributed by atoms with Gasteiger partial charge in [-0.15, -0.1) is 0 Å². The van der Waals surface area contributed by atoms with Crippen LogP contribution in [-0.4, -0.2) is 31.1 Å². The molecule has 0 radical (unpaired) electrons. The summed E-state index contributed by atoms with van der Waals surface area (Å²) in [6, 6.07) is 0. The average molecular weight is 240 g/mol. The minimum atomic E-state index is -0.634. The fraction of sp³-hybridized carbons (Fsp3) is 0.769. The summed E-state index contributed by atoms with van der Waals surface area (Å²) < 4.78 is 16.9. The molecule has 4 nitrogen and oxygen atoms in total. The monoisotopic (exact) mass is 240 g/mol. The van der Waals surface area contributed by atoms with Crippen molar-refractivity contribution in [2.75, 3.05) is 7.11 Å². The van der Waals surface area contributed by atoms with E-state index in [0.29, 0.717) is 0 Å². The molecule has 4 heteroatoms. The molecule has 0 saturated carbocycles. The van der Waals surface area contributed by atoms with Crippen molar-refractivity contribution < 1.29 is 19.0 Å². The van der Waals surface area contributed by atoms with E-state index in [2.05, 4.69) is 13.8 Å². The van der Waals surface area contributed by atoms with Gasteiger partial charge < -0.3 is 14.2 Å². The van der Waals surface area contributed by atoms with E-state index in [9.17, 15) is 4.79 Å². The third-order valence-corrected chi connectivity index (χ3v) is 3.72. The van der Waals surface area contributed by atoms with E-state index in [1.54, 1.807) is 7.11 Å². The van der Waals surface area contributed by atoms with Crippen LogP contribution in [0.3, 0.4) is 0 Å². The predicted octanol–water partition coefficient (Wildman–Crippen LogP) is 2.04. The molecule has 17 heavy (non-hydrogen) atoms. The smallest absolute Gasteiger partial charge is 0.303 e. The first kappa shape index (κ1) is 12.6. The van der Waals surface area contributed by atoms with Gasteiger partial charge in [0.2, 0.25) is 0 Å². The highest BCUT2D eigenvalue weighted by atomic mass is 16.7. The van der Waals surface area contributed by atoms with Gasteiger partial charge in [-0.1, -0.05) is 13.8 Å². The van der Waals surface area contributed by atoms with Crippen molar-refractivity contribution in [2.24, 2.45) is 5.41 Å². The predicted molar refractivity (Wildman–Crippen MR) is 62.3 cm³/mol. The van der Waals surface area contributed by atoms with Crippen LogP contribution in [0.1, 0.15) is 34.1 Å². The van der Waals surface area contributed by atoms with Crippen LogP contribution < -0.4 is 0 Å². The lowest BCUT2D eigenvalue weighted by Crippen LogP contribution is -2.43. The summed E-state index contributed by atoms with van der Waals surface area (Å²) in [5.74, 6) is -0.916. The van der Waals surface area contributed by atoms with E-state index < -0.39 is 5.79 Å². The first-order valence-electron chi connectivity index (χ1n) is 5.90. The van der Waals surface area contributed by atoms with Crippen LogP contribution in [0.2, 0.25) is 0 Å².